The van der Waals surface area contributed by atoms with Crippen LogP contribution in [-0.4, -0.2) is 22.7 Å². The minimum Gasteiger partial charge on any atom is -0.391 e. The van der Waals surface area contributed by atoms with Crippen LogP contribution in [0.2, 0.25) is 0 Å². The molecule has 2 aromatic rings. The summed E-state index contributed by atoms with van der Waals surface area (Å²) >= 11 is 1.29. The fourth-order valence-electron chi connectivity index (χ4n) is 1.51. The summed E-state index contributed by atoms with van der Waals surface area (Å²) in [4.78, 5) is 4.17. The first-order valence-corrected chi connectivity index (χ1v) is 6.26. The number of thiazole rings is 1. The van der Waals surface area contributed by atoms with Crippen LogP contribution < -0.4 is 5.73 Å². The Hall–Kier alpha value is -1.37. The van der Waals surface area contributed by atoms with Crippen LogP contribution in [0.15, 0.2) is 23.6 Å². The standard InChI is InChI=1S/C12H12F2N2OS/c13-7-1-2-10(14)9(3-7)11-6-18-12(16-11)4-8(17)5-15/h1-3,6,8,17H,4-5,15H2. The third-order valence-corrected chi connectivity index (χ3v) is 3.31. The number of benzene rings is 1. The highest BCUT2D eigenvalue weighted by atomic mass is 32.1. The van der Waals surface area contributed by atoms with Gasteiger partial charge in [0, 0.05) is 23.9 Å². The van der Waals surface area contributed by atoms with Crippen molar-refractivity contribution in [2.45, 2.75) is 12.5 Å². The molecule has 0 amide bonds. The summed E-state index contributed by atoms with van der Waals surface area (Å²) in [6, 6.07) is 3.23. The van der Waals surface area contributed by atoms with Gasteiger partial charge in [0.25, 0.3) is 0 Å². The minimum atomic E-state index is -0.665. The molecule has 0 aliphatic carbocycles. The average molecular weight is 270 g/mol. The van der Waals surface area contributed by atoms with Crippen LogP contribution in [0.4, 0.5) is 8.78 Å². The topological polar surface area (TPSA) is 59.1 Å². The lowest BCUT2D eigenvalue weighted by Gasteiger charge is -2.03. The summed E-state index contributed by atoms with van der Waals surface area (Å²) in [7, 11) is 0. The Morgan fingerprint density at radius 2 is 2.17 bits per heavy atom. The van der Waals surface area contributed by atoms with E-state index in [1.54, 1.807) is 5.38 Å². The zero-order chi connectivity index (χ0) is 13.1. The second-order valence-electron chi connectivity index (χ2n) is 3.84. The molecule has 6 heteroatoms. The SMILES string of the molecule is NCC(O)Cc1nc(-c2cc(F)ccc2F)cs1. The van der Waals surface area contributed by atoms with Gasteiger partial charge in [0.15, 0.2) is 0 Å². The number of nitrogens with two attached hydrogens (primary N) is 1. The molecule has 0 spiro atoms. The monoisotopic (exact) mass is 270 g/mol. The van der Waals surface area contributed by atoms with E-state index in [9.17, 15) is 13.9 Å². The van der Waals surface area contributed by atoms with Gasteiger partial charge in [-0.05, 0) is 18.2 Å². The van der Waals surface area contributed by atoms with Crippen molar-refractivity contribution in [1.29, 1.82) is 0 Å². The highest BCUT2D eigenvalue weighted by molar-refractivity contribution is 7.09. The molecule has 0 bridgehead atoms. The van der Waals surface area contributed by atoms with Gasteiger partial charge in [-0.2, -0.15) is 0 Å². The average Bonchev–Trinajstić information content (AvgIpc) is 2.80. The number of hydrogen-bond donors (Lipinski definition) is 2. The van der Waals surface area contributed by atoms with Crippen LogP contribution >= 0.6 is 11.3 Å². The van der Waals surface area contributed by atoms with Crippen molar-refractivity contribution in [1.82, 2.24) is 4.98 Å². The van der Waals surface area contributed by atoms with E-state index in [-0.39, 0.29) is 12.1 Å². The summed E-state index contributed by atoms with van der Waals surface area (Å²) < 4.78 is 26.6. The number of halogens is 2. The second-order valence-corrected chi connectivity index (χ2v) is 4.79. The van der Waals surface area contributed by atoms with Crippen molar-refractivity contribution < 1.29 is 13.9 Å². The Kier molecular flexibility index (Phi) is 4.00. The second kappa shape index (κ2) is 5.51. The molecule has 0 saturated carbocycles. The summed E-state index contributed by atoms with van der Waals surface area (Å²) in [5.74, 6) is -1.03. The van der Waals surface area contributed by atoms with Gasteiger partial charge in [-0.3, -0.25) is 0 Å². The highest BCUT2D eigenvalue weighted by Gasteiger charge is 2.12. The molecule has 1 atom stereocenters. The van der Waals surface area contributed by atoms with Crippen LogP contribution in [0.25, 0.3) is 11.3 Å². The lowest BCUT2D eigenvalue weighted by Crippen LogP contribution is -2.21. The maximum Gasteiger partial charge on any atom is 0.132 e. The molecule has 0 aliphatic rings. The Labute approximate surface area is 107 Å². The minimum absolute atomic E-state index is 0.125. The van der Waals surface area contributed by atoms with E-state index in [4.69, 9.17) is 5.73 Å². The molecule has 0 aliphatic heterocycles. The lowest BCUT2D eigenvalue weighted by molar-refractivity contribution is 0.183. The quantitative estimate of drug-likeness (QED) is 0.892. The maximum absolute atomic E-state index is 13.5. The molecule has 1 aromatic carbocycles. The zero-order valence-corrected chi connectivity index (χ0v) is 10.3. The molecule has 18 heavy (non-hydrogen) atoms. The highest BCUT2D eigenvalue weighted by Crippen LogP contribution is 2.25. The van der Waals surface area contributed by atoms with Gasteiger partial charge in [0.2, 0.25) is 0 Å². The molecule has 3 N–H and O–H groups in total. The number of aliphatic hydroxyl groups is 1. The molecule has 2 rings (SSSR count). The summed E-state index contributed by atoms with van der Waals surface area (Å²) in [5, 5.41) is 11.7. The third-order valence-electron chi connectivity index (χ3n) is 2.44. The van der Waals surface area contributed by atoms with E-state index in [1.165, 1.54) is 11.3 Å². The molecule has 1 aromatic heterocycles. The summed E-state index contributed by atoms with van der Waals surface area (Å²) in [6.07, 6.45) is -0.348. The van der Waals surface area contributed by atoms with Crippen LogP contribution in [-0.2, 0) is 6.42 Å². The van der Waals surface area contributed by atoms with Gasteiger partial charge in [0.1, 0.15) is 11.6 Å². The molecule has 0 fully saturated rings. The van der Waals surface area contributed by atoms with Gasteiger partial charge in [-0.15, -0.1) is 11.3 Å². The van der Waals surface area contributed by atoms with E-state index >= 15 is 0 Å². The van der Waals surface area contributed by atoms with Crippen molar-refractivity contribution in [2.75, 3.05) is 6.54 Å². The molecule has 1 unspecified atom stereocenters. The van der Waals surface area contributed by atoms with Gasteiger partial charge in [-0.25, -0.2) is 13.8 Å². The van der Waals surface area contributed by atoms with Gasteiger partial charge >= 0.3 is 0 Å². The van der Waals surface area contributed by atoms with Gasteiger partial charge < -0.3 is 10.8 Å². The van der Waals surface area contributed by atoms with E-state index in [2.05, 4.69) is 4.98 Å². The molecule has 1 heterocycles. The molecule has 96 valence electrons. The molecule has 3 nitrogen and oxygen atoms in total. The van der Waals surface area contributed by atoms with E-state index < -0.39 is 17.7 Å². The van der Waals surface area contributed by atoms with Crippen molar-refractivity contribution in [2.24, 2.45) is 5.73 Å². The zero-order valence-electron chi connectivity index (χ0n) is 9.44. The Balaban J connectivity index is 2.26. The van der Waals surface area contributed by atoms with E-state index in [1.807, 2.05) is 0 Å². The maximum atomic E-state index is 13.5. The van der Waals surface area contributed by atoms with Crippen molar-refractivity contribution in [3.05, 3.63) is 40.2 Å². The van der Waals surface area contributed by atoms with Crippen LogP contribution in [0.3, 0.4) is 0 Å². The number of nitrogens with zero attached hydrogens (tertiary/aromatic N) is 1. The fraction of sp³-hybridized carbons (Fsp3) is 0.250. The van der Waals surface area contributed by atoms with Gasteiger partial charge in [-0.1, -0.05) is 0 Å². The first-order valence-electron chi connectivity index (χ1n) is 5.38. The number of hydrogen-bond acceptors (Lipinski definition) is 4. The first-order chi connectivity index (χ1) is 8.60. The van der Waals surface area contributed by atoms with E-state index in [0.29, 0.717) is 17.1 Å². The summed E-state index contributed by atoms with van der Waals surface area (Å²) in [6.45, 7) is 0.142. The Bertz CT molecular complexity index is 545. The first kappa shape index (κ1) is 13.1. The van der Waals surface area contributed by atoms with Crippen molar-refractivity contribution >= 4 is 11.3 Å². The predicted octanol–water partition coefficient (Wildman–Crippen LogP) is 1.95. The van der Waals surface area contributed by atoms with Crippen molar-refractivity contribution in [3.63, 3.8) is 0 Å². The largest absolute Gasteiger partial charge is 0.391 e. The lowest BCUT2D eigenvalue weighted by atomic mass is 10.1. The molecule has 0 saturated heterocycles. The summed E-state index contributed by atoms with van der Waals surface area (Å²) in [5.41, 5.74) is 5.80. The number of rotatable bonds is 4. The molecular weight excluding hydrogens is 258 g/mol. The smallest absolute Gasteiger partial charge is 0.132 e. The number of aliphatic hydroxyl groups excluding tert-OH is 1. The third kappa shape index (κ3) is 2.90. The van der Waals surface area contributed by atoms with Gasteiger partial charge in [0.05, 0.1) is 16.8 Å². The molecular formula is C12H12F2N2OS. The van der Waals surface area contributed by atoms with Crippen LogP contribution in [0, 0.1) is 11.6 Å². The molecule has 0 radical (unpaired) electrons. The Morgan fingerprint density at radius 1 is 1.39 bits per heavy atom. The normalized spacial score (nSPS) is 12.7. The number of aromatic nitrogens is 1. The van der Waals surface area contributed by atoms with Crippen LogP contribution in [0.5, 0.6) is 0 Å². The van der Waals surface area contributed by atoms with Crippen LogP contribution in [0.1, 0.15) is 5.01 Å². The van der Waals surface area contributed by atoms with E-state index in [0.717, 1.165) is 18.2 Å². The predicted molar refractivity (Wildman–Crippen MR) is 66.2 cm³/mol. The fourth-order valence-corrected chi connectivity index (χ4v) is 2.37. The Morgan fingerprint density at radius 3 is 2.89 bits per heavy atom. The van der Waals surface area contributed by atoms with Crippen molar-refractivity contribution in [3.8, 4) is 11.3 Å².